The van der Waals surface area contributed by atoms with Crippen molar-refractivity contribution < 1.29 is 19.1 Å². The molecule has 0 spiro atoms. The zero-order chi connectivity index (χ0) is 18.1. The fourth-order valence-corrected chi connectivity index (χ4v) is 3.58. The van der Waals surface area contributed by atoms with Crippen LogP contribution in [0.1, 0.15) is 32.1 Å². The van der Waals surface area contributed by atoms with E-state index >= 15 is 0 Å². The number of methoxy groups -OCH3 is 2. The Morgan fingerprint density at radius 1 is 1.04 bits per heavy atom. The number of fused-ring (bicyclic) bond motifs is 1. The van der Waals surface area contributed by atoms with Gasteiger partial charge in [-0.3, -0.25) is 10.1 Å². The molecule has 8 heteroatoms. The average Bonchev–Trinajstić information content (AvgIpc) is 3.14. The number of nitrogens with zero attached hydrogens (tertiary/aromatic N) is 2. The van der Waals surface area contributed by atoms with Crippen molar-refractivity contribution in [2.45, 2.75) is 13.8 Å². The Morgan fingerprint density at radius 3 is 2.12 bits per heavy atom. The molecule has 0 bridgehead atoms. The molecule has 0 aliphatic rings. The molecule has 0 amide bonds. The van der Waals surface area contributed by atoms with Gasteiger partial charge in [0.05, 0.1) is 47.0 Å². The highest BCUT2D eigenvalue weighted by molar-refractivity contribution is 7.22. The van der Waals surface area contributed by atoms with Gasteiger partial charge >= 0.3 is 11.9 Å². The van der Waals surface area contributed by atoms with E-state index < -0.39 is 11.9 Å². The van der Waals surface area contributed by atoms with Crippen molar-refractivity contribution in [3.05, 3.63) is 46.8 Å². The lowest BCUT2D eigenvalue weighted by molar-refractivity contribution is 0.0555. The standard InChI is InChI=1S/C17H17N3O4S/c1-9-13(15(21)23-3)14(16(22)24-4)10(2)20(9)19-17-18-11-7-5-6-8-12(11)25-17/h5-8H,1-4H3,(H,18,19). The van der Waals surface area contributed by atoms with Crippen molar-refractivity contribution in [1.82, 2.24) is 9.66 Å². The number of thiazole rings is 1. The second kappa shape index (κ2) is 6.56. The van der Waals surface area contributed by atoms with E-state index in [0.717, 1.165) is 10.2 Å². The zero-order valence-corrected chi connectivity index (χ0v) is 15.1. The Hall–Kier alpha value is -2.87. The number of ether oxygens (including phenoxy) is 2. The van der Waals surface area contributed by atoms with Crippen LogP contribution < -0.4 is 5.43 Å². The Morgan fingerprint density at radius 2 is 1.60 bits per heavy atom. The maximum atomic E-state index is 12.2. The number of carbonyl (C=O) groups excluding carboxylic acids is 2. The highest BCUT2D eigenvalue weighted by Gasteiger charge is 2.29. The minimum atomic E-state index is -0.592. The maximum Gasteiger partial charge on any atom is 0.340 e. The minimum Gasteiger partial charge on any atom is -0.465 e. The molecule has 3 aromatic rings. The van der Waals surface area contributed by atoms with Crippen molar-refractivity contribution in [3.63, 3.8) is 0 Å². The number of carbonyl (C=O) groups is 2. The van der Waals surface area contributed by atoms with Crippen LogP contribution in [0.4, 0.5) is 5.13 Å². The molecule has 2 aromatic heterocycles. The molecule has 0 aliphatic carbocycles. The highest BCUT2D eigenvalue weighted by atomic mass is 32.1. The Bertz CT molecular complexity index is 901. The van der Waals surface area contributed by atoms with Crippen LogP contribution in [0.3, 0.4) is 0 Å². The predicted molar refractivity (Wildman–Crippen MR) is 95.2 cm³/mol. The summed E-state index contributed by atoms with van der Waals surface area (Å²) in [6.07, 6.45) is 0. The van der Waals surface area contributed by atoms with Gasteiger partial charge in [0.15, 0.2) is 0 Å². The molecule has 7 nitrogen and oxygen atoms in total. The summed E-state index contributed by atoms with van der Waals surface area (Å²) in [6, 6.07) is 7.77. The van der Waals surface area contributed by atoms with Gasteiger partial charge in [-0.2, -0.15) is 0 Å². The fraction of sp³-hybridized carbons (Fsp3) is 0.235. The summed E-state index contributed by atoms with van der Waals surface area (Å²) in [5.41, 5.74) is 5.48. The van der Waals surface area contributed by atoms with E-state index in [0.29, 0.717) is 16.5 Å². The molecule has 0 unspecified atom stereocenters. The second-order valence-electron chi connectivity index (χ2n) is 5.34. The monoisotopic (exact) mass is 359 g/mol. The van der Waals surface area contributed by atoms with Gasteiger partial charge in [-0.05, 0) is 26.0 Å². The largest absolute Gasteiger partial charge is 0.465 e. The SMILES string of the molecule is COC(=O)c1c(C(=O)OC)c(C)n(Nc2nc3ccccc3s2)c1C. The number of nitrogens with one attached hydrogen (secondary N) is 1. The first-order valence-electron chi connectivity index (χ1n) is 7.49. The van der Waals surface area contributed by atoms with Gasteiger partial charge in [-0.25, -0.2) is 14.6 Å². The molecular weight excluding hydrogens is 342 g/mol. The molecule has 1 aromatic carbocycles. The van der Waals surface area contributed by atoms with E-state index in [2.05, 4.69) is 10.4 Å². The third-order valence-electron chi connectivity index (χ3n) is 3.92. The van der Waals surface area contributed by atoms with E-state index in [1.165, 1.54) is 25.6 Å². The molecule has 0 saturated heterocycles. The predicted octanol–water partition coefficient (Wildman–Crippen LogP) is 3.16. The number of rotatable bonds is 4. The first-order valence-corrected chi connectivity index (χ1v) is 8.30. The van der Waals surface area contributed by atoms with E-state index in [9.17, 15) is 9.59 Å². The van der Waals surface area contributed by atoms with Gasteiger partial charge in [-0.1, -0.05) is 23.5 Å². The Labute approximate surface area is 148 Å². The number of aromatic nitrogens is 2. The molecule has 25 heavy (non-hydrogen) atoms. The summed E-state index contributed by atoms with van der Waals surface area (Å²) in [5, 5.41) is 0.648. The van der Waals surface area contributed by atoms with Gasteiger partial charge in [0.2, 0.25) is 5.13 Å². The van der Waals surface area contributed by atoms with Crippen molar-refractivity contribution in [1.29, 1.82) is 0 Å². The van der Waals surface area contributed by atoms with Crippen LogP contribution in [-0.4, -0.2) is 35.8 Å². The van der Waals surface area contributed by atoms with Crippen molar-refractivity contribution >= 4 is 38.6 Å². The van der Waals surface area contributed by atoms with Gasteiger partial charge in [-0.15, -0.1) is 0 Å². The average molecular weight is 359 g/mol. The van der Waals surface area contributed by atoms with E-state index in [1.54, 1.807) is 18.5 Å². The van der Waals surface area contributed by atoms with Crippen molar-refractivity contribution in [2.24, 2.45) is 0 Å². The number of esters is 2. The maximum absolute atomic E-state index is 12.2. The fourth-order valence-electron chi connectivity index (χ4n) is 2.72. The molecule has 0 saturated carbocycles. The molecule has 2 heterocycles. The number of hydrogen-bond donors (Lipinski definition) is 1. The van der Waals surface area contributed by atoms with Crippen LogP contribution in [0, 0.1) is 13.8 Å². The van der Waals surface area contributed by atoms with E-state index in [-0.39, 0.29) is 11.1 Å². The van der Waals surface area contributed by atoms with Crippen molar-refractivity contribution in [2.75, 3.05) is 19.6 Å². The van der Waals surface area contributed by atoms with Gasteiger partial charge in [0.1, 0.15) is 0 Å². The number of benzene rings is 1. The van der Waals surface area contributed by atoms with Crippen LogP contribution >= 0.6 is 11.3 Å². The number of anilines is 1. The van der Waals surface area contributed by atoms with Crippen LogP contribution in [-0.2, 0) is 9.47 Å². The molecule has 3 rings (SSSR count). The summed E-state index contributed by atoms with van der Waals surface area (Å²) >= 11 is 1.48. The van der Waals surface area contributed by atoms with Crippen LogP contribution in [0.2, 0.25) is 0 Å². The topological polar surface area (TPSA) is 82.5 Å². The Kier molecular flexibility index (Phi) is 4.45. The van der Waals surface area contributed by atoms with E-state index in [1.807, 2.05) is 24.3 Å². The molecule has 0 radical (unpaired) electrons. The lowest BCUT2D eigenvalue weighted by Gasteiger charge is -2.09. The normalized spacial score (nSPS) is 10.7. The summed E-state index contributed by atoms with van der Waals surface area (Å²) < 4.78 is 12.3. The summed E-state index contributed by atoms with van der Waals surface area (Å²) in [5.74, 6) is -1.18. The molecule has 0 atom stereocenters. The lowest BCUT2D eigenvalue weighted by Crippen LogP contribution is -2.13. The van der Waals surface area contributed by atoms with Crippen LogP contribution in [0.15, 0.2) is 24.3 Å². The van der Waals surface area contributed by atoms with E-state index in [4.69, 9.17) is 9.47 Å². The molecule has 0 fully saturated rings. The smallest absolute Gasteiger partial charge is 0.340 e. The van der Waals surface area contributed by atoms with Crippen molar-refractivity contribution in [3.8, 4) is 0 Å². The third-order valence-corrected chi connectivity index (χ3v) is 4.87. The summed E-state index contributed by atoms with van der Waals surface area (Å²) in [4.78, 5) is 28.8. The number of para-hydroxylation sites is 1. The molecule has 1 N–H and O–H groups in total. The third kappa shape index (κ3) is 2.85. The summed E-state index contributed by atoms with van der Waals surface area (Å²) in [6.45, 7) is 3.46. The van der Waals surface area contributed by atoms with Crippen LogP contribution in [0.25, 0.3) is 10.2 Å². The van der Waals surface area contributed by atoms with Gasteiger partial charge < -0.3 is 9.47 Å². The quantitative estimate of drug-likeness (QED) is 0.721. The summed E-state index contributed by atoms with van der Waals surface area (Å²) in [7, 11) is 2.55. The highest BCUT2D eigenvalue weighted by Crippen LogP contribution is 2.28. The van der Waals surface area contributed by atoms with Crippen LogP contribution in [0.5, 0.6) is 0 Å². The minimum absolute atomic E-state index is 0.181. The molecule has 0 aliphatic heterocycles. The number of hydrogen-bond acceptors (Lipinski definition) is 7. The first kappa shape index (κ1) is 17.0. The lowest BCUT2D eigenvalue weighted by atomic mass is 10.1. The molecular formula is C17H17N3O4S. The first-order chi connectivity index (χ1) is 12.0. The second-order valence-corrected chi connectivity index (χ2v) is 6.37. The Balaban J connectivity index is 2.10. The van der Waals surface area contributed by atoms with Gasteiger partial charge in [0.25, 0.3) is 0 Å². The zero-order valence-electron chi connectivity index (χ0n) is 14.2. The van der Waals surface area contributed by atoms with Gasteiger partial charge in [0, 0.05) is 0 Å². The molecule has 130 valence electrons.